The smallest absolute Gasteiger partial charge is 0.334 e. The Hall–Kier alpha value is -2.95. The maximum absolute atomic E-state index is 13.8. The van der Waals surface area contributed by atoms with Crippen LogP contribution in [0.3, 0.4) is 0 Å². The van der Waals surface area contributed by atoms with Crippen molar-refractivity contribution in [1.82, 2.24) is 34.2 Å². The number of aryl methyl sites for hydroxylation is 2. The highest BCUT2D eigenvalue weighted by atomic mass is 19.4. The summed E-state index contributed by atoms with van der Waals surface area (Å²) in [4.78, 5) is 21.5. The quantitative estimate of drug-likeness (QED) is 0.621. The van der Waals surface area contributed by atoms with E-state index in [2.05, 4.69) is 20.1 Å². The van der Waals surface area contributed by atoms with E-state index in [9.17, 15) is 18.0 Å². The molecule has 3 aromatic heterocycles. The van der Waals surface area contributed by atoms with Crippen LogP contribution in [-0.4, -0.2) is 72.3 Å². The lowest BCUT2D eigenvalue weighted by Crippen LogP contribution is -2.52. The van der Waals surface area contributed by atoms with Gasteiger partial charge in [-0.3, -0.25) is 14.4 Å². The lowest BCUT2D eigenvalue weighted by atomic mass is 10.1. The largest absolute Gasteiger partial charge is 0.433 e. The van der Waals surface area contributed by atoms with Crippen LogP contribution in [0.1, 0.15) is 34.7 Å². The Morgan fingerprint density at radius 2 is 1.97 bits per heavy atom. The van der Waals surface area contributed by atoms with Crippen LogP contribution in [0.5, 0.6) is 0 Å². The number of carbonyl (C=O) groups is 1. The van der Waals surface area contributed by atoms with Gasteiger partial charge >= 0.3 is 6.18 Å². The molecule has 0 aliphatic carbocycles. The van der Waals surface area contributed by atoms with Gasteiger partial charge in [0.25, 0.3) is 5.91 Å². The maximum atomic E-state index is 13.8. The summed E-state index contributed by atoms with van der Waals surface area (Å²) in [5.74, 6) is -0.357. The van der Waals surface area contributed by atoms with E-state index < -0.39 is 11.9 Å². The van der Waals surface area contributed by atoms with Crippen molar-refractivity contribution in [2.45, 2.75) is 32.0 Å². The Kier molecular flexibility index (Phi) is 4.54. The monoisotopic (exact) mass is 433 g/mol. The molecule has 0 radical (unpaired) electrons. The van der Waals surface area contributed by atoms with Crippen molar-refractivity contribution < 1.29 is 18.0 Å². The third kappa shape index (κ3) is 3.46. The summed E-state index contributed by atoms with van der Waals surface area (Å²) >= 11 is 0. The molecule has 31 heavy (non-hydrogen) atoms. The fourth-order valence-electron chi connectivity index (χ4n) is 4.61. The van der Waals surface area contributed by atoms with E-state index in [0.717, 1.165) is 32.0 Å². The molecule has 3 aromatic rings. The van der Waals surface area contributed by atoms with Crippen molar-refractivity contribution in [2.75, 3.05) is 26.2 Å². The number of amides is 1. The van der Waals surface area contributed by atoms with Crippen molar-refractivity contribution >= 4 is 11.6 Å². The second-order valence-corrected chi connectivity index (χ2v) is 8.21. The molecule has 5 heterocycles. The number of halogens is 3. The molecule has 8 nitrogen and oxygen atoms in total. The van der Waals surface area contributed by atoms with Crippen LogP contribution in [0.25, 0.3) is 16.9 Å². The number of fused-ring (bicyclic) bond motifs is 2. The molecule has 2 saturated heterocycles. The lowest BCUT2D eigenvalue weighted by molar-refractivity contribution is -0.142. The third-order valence-electron chi connectivity index (χ3n) is 6.10. The van der Waals surface area contributed by atoms with Crippen LogP contribution in [0.2, 0.25) is 0 Å². The fraction of sp³-hybridized carbons (Fsp3) is 0.500. The first-order chi connectivity index (χ1) is 14.7. The Bertz CT molecular complexity index is 1170. The highest BCUT2D eigenvalue weighted by Crippen LogP contribution is 2.33. The average Bonchev–Trinajstić information content (AvgIpc) is 3.42. The molecule has 1 unspecified atom stereocenters. The van der Waals surface area contributed by atoms with Gasteiger partial charge < -0.3 is 4.90 Å². The molecule has 2 fully saturated rings. The van der Waals surface area contributed by atoms with Crippen molar-refractivity contribution in [3.8, 4) is 11.3 Å². The van der Waals surface area contributed by atoms with Crippen molar-refractivity contribution in [3.63, 3.8) is 0 Å². The highest BCUT2D eigenvalue weighted by Gasteiger charge is 2.37. The van der Waals surface area contributed by atoms with Crippen LogP contribution in [0.4, 0.5) is 13.2 Å². The Balaban J connectivity index is 1.55. The molecular formula is C20H22F3N7O. The van der Waals surface area contributed by atoms with E-state index >= 15 is 0 Å². The van der Waals surface area contributed by atoms with Crippen LogP contribution in [0.15, 0.2) is 18.3 Å². The molecule has 1 amide bonds. The predicted octanol–water partition coefficient (Wildman–Crippen LogP) is 2.38. The molecule has 0 spiro atoms. The minimum atomic E-state index is -4.66. The maximum Gasteiger partial charge on any atom is 0.433 e. The molecule has 5 rings (SSSR count). The summed E-state index contributed by atoms with van der Waals surface area (Å²) in [5.41, 5.74) is 0.194. The number of nitrogens with zero attached hydrogens (tertiary/aromatic N) is 7. The SMILES string of the molecule is Cc1nn(C)cc1-c1cc(C(F)(F)F)n2nc(C(=O)N3CCN4CCCC4C3)cc2n1. The highest BCUT2D eigenvalue weighted by molar-refractivity contribution is 5.93. The van der Waals surface area contributed by atoms with Gasteiger partial charge in [-0.15, -0.1) is 0 Å². The summed E-state index contributed by atoms with van der Waals surface area (Å²) in [5, 5.41) is 8.20. The van der Waals surface area contributed by atoms with Gasteiger partial charge in [-0.25, -0.2) is 9.50 Å². The first-order valence-electron chi connectivity index (χ1n) is 10.2. The van der Waals surface area contributed by atoms with Gasteiger partial charge in [0.2, 0.25) is 0 Å². The van der Waals surface area contributed by atoms with Gasteiger partial charge in [0.15, 0.2) is 17.0 Å². The number of alkyl halides is 3. The molecule has 2 aliphatic rings. The van der Waals surface area contributed by atoms with Gasteiger partial charge in [-0.2, -0.15) is 23.4 Å². The Labute approximate surface area is 176 Å². The number of hydrogen-bond acceptors (Lipinski definition) is 5. The number of piperazine rings is 1. The topological polar surface area (TPSA) is 71.6 Å². The van der Waals surface area contributed by atoms with E-state index in [4.69, 9.17) is 0 Å². The van der Waals surface area contributed by atoms with Crippen LogP contribution >= 0.6 is 0 Å². The van der Waals surface area contributed by atoms with E-state index in [0.29, 0.717) is 34.9 Å². The molecule has 0 N–H and O–H groups in total. The normalized spacial score (nSPS) is 19.9. The zero-order chi connectivity index (χ0) is 21.9. The van der Waals surface area contributed by atoms with Crippen LogP contribution < -0.4 is 0 Å². The molecule has 0 bridgehead atoms. The molecule has 2 aliphatic heterocycles. The minimum Gasteiger partial charge on any atom is -0.334 e. The molecule has 0 aromatic carbocycles. The number of carbonyl (C=O) groups excluding carboxylic acids is 1. The summed E-state index contributed by atoms with van der Waals surface area (Å²) < 4.78 is 43.7. The predicted molar refractivity (Wildman–Crippen MR) is 105 cm³/mol. The van der Waals surface area contributed by atoms with Gasteiger partial charge in [0.1, 0.15) is 0 Å². The first kappa shape index (κ1) is 20.0. The van der Waals surface area contributed by atoms with E-state index in [1.54, 1.807) is 25.1 Å². The minimum absolute atomic E-state index is 0.0177. The van der Waals surface area contributed by atoms with Gasteiger partial charge in [0.05, 0.1) is 11.4 Å². The Morgan fingerprint density at radius 3 is 2.68 bits per heavy atom. The van der Waals surface area contributed by atoms with Crippen LogP contribution in [0, 0.1) is 6.92 Å². The fourth-order valence-corrected chi connectivity index (χ4v) is 4.61. The zero-order valence-corrected chi connectivity index (χ0v) is 17.2. The van der Waals surface area contributed by atoms with Crippen LogP contribution in [-0.2, 0) is 13.2 Å². The number of rotatable bonds is 2. The standard InChI is InChI=1S/C20H22F3N7O/c1-12-14(11-27(2)25-12)15-8-17(20(21,22)23)30-18(24-15)9-16(26-30)19(31)29-7-6-28-5-3-4-13(28)10-29/h8-9,11,13H,3-7,10H2,1-2H3. The summed E-state index contributed by atoms with van der Waals surface area (Å²) in [6.07, 6.45) is -0.898. The van der Waals surface area contributed by atoms with Crippen molar-refractivity contribution in [1.29, 1.82) is 0 Å². The second-order valence-electron chi connectivity index (χ2n) is 8.21. The second kappa shape index (κ2) is 7.04. The van der Waals surface area contributed by atoms with Gasteiger partial charge in [0, 0.05) is 50.6 Å². The third-order valence-corrected chi connectivity index (χ3v) is 6.10. The van der Waals surface area contributed by atoms with Gasteiger partial charge in [-0.05, 0) is 32.4 Å². The van der Waals surface area contributed by atoms with E-state index in [1.165, 1.54) is 10.7 Å². The molecule has 1 atom stereocenters. The lowest BCUT2D eigenvalue weighted by Gasteiger charge is -2.37. The molecule has 164 valence electrons. The van der Waals surface area contributed by atoms with E-state index in [-0.39, 0.29) is 22.9 Å². The summed E-state index contributed by atoms with van der Waals surface area (Å²) in [6, 6.07) is 2.61. The van der Waals surface area contributed by atoms with Crippen molar-refractivity contribution in [2.24, 2.45) is 7.05 Å². The molecular weight excluding hydrogens is 411 g/mol. The summed E-state index contributed by atoms with van der Waals surface area (Å²) in [6.45, 7) is 4.65. The first-order valence-corrected chi connectivity index (χ1v) is 10.2. The average molecular weight is 433 g/mol. The zero-order valence-electron chi connectivity index (χ0n) is 17.2. The van der Waals surface area contributed by atoms with Crippen molar-refractivity contribution in [3.05, 3.63) is 35.4 Å². The molecule has 0 saturated carbocycles. The van der Waals surface area contributed by atoms with E-state index in [1.807, 2.05) is 0 Å². The summed E-state index contributed by atoms with van der Waals surface area (Å²) in [7, 11) is 1.69. The van der Waals surface area contributed by atoms with Gasteiger partial charge in [-0.1, -0.05) is 0 Å². The number of aromatic nitrogens is 5. The Morgan fingerprint density at radius 1 is 1.16 bits per heavy atom. The number of hydrogen-bond donors (Lipinski definition) is 0. The molecule has 11 heteroatoms.